The van der Waals surface area contributed by atoms with Crippen LogP contribution in [0.2, 0.25) is 5.02 Å². The van der Waals surface area contributed by atoms with Gasteiger partial charge in [-0.15, -0.1) is 0 Å². The van der Waals surface area contributed by atoms with Crippen molar-refractivity contribution < 1.29 is 4.79 Å². The lowest BCUT2D eigenvalue weighted by Gasteiger charge is -2.26. The fourth-order valence-corrected chi connectivity index (χ4v) is 3.25. The highest BCUT2D eigenvalue weighted by Crippen LogP contribution is 2.36. The van der Waals surface area contributed by atoms with Crippen LogP contribution in [-0.2, 0) is 6.54 Å². The molecule has 3 rings (SSSR count). The predicted octanol–water partition coefficient (Wildman–Crippen LogP) is 3.53. The van der Waals surface area contributed by atoms with E-state index < -0.39 is 0 Å². The van der Waals surface area contributed by atoms with Crippen LogP contribution in [0.5, 0.6) is 0 Å². The largest absolute Gasteiger partial charge is 0.330 e. The Morgan fingerprint density at radius 2 is 2.19 bits per heavy atom. The Labute approximate surface area is 129 Å². The molecule has 1 aliphatic heterocycles. The standard InChI is InChI=1S/C16H18ClN3O/c1-2-20-15(9-10-18-20)16(21)19-11-5-8-14(19)12-6-3-4-7-13(12)17/h3-4,6-7,9-10,14H,2,5,8,11H2,1H3/t14-/m1/s1. The molecule has 1 fully saturated rings. The van der Waals surface area contributed by atoms with Gasteiger partial charge in [0.2, 0.25) is 0 Å². The van der Waals surface area contributed by atoms with Crippen molar-refractivity contribution in [1.82, 2.24) is 14.7 Å². The molecule has 5 heteroatoms. The second-order valence-corrected chi connectivity index (χ2v) is 5.62. The number of halogens is 1. The van der Waals surface area contributed by atoms with E-state index in [0.717, 1.165) is 30.0 Å². The van der Waals surface area contributed by atoms with Crippen LogP contribution in [0.15, 0.2) is 36.5 Å². The van der Waals surface area contributed by atoms with Crippen molar-refractivity contribution in [2.24, 2.45) is 0 Å². The van der Waals surface area contributed by atoms with Gasteiger partial charge in [-0.25, -0.2) is 0 Å². The first-order valence-corrected chi connectivity index (χ1v) is 7.67. The van der Waals surface area contributed by atoms with Gasteiger partial charge in [0.1, 0.15) is 5.69 Å². The van der Waals surface area contributed by atoms with Gasteiger partial charge in [-0.1, -0.05) is 29.8 Å². The summed E-state index contributed by atoms with van der Waals surface area (Å²) in [7, 11) is 0. The summed E-state index contributed by atoms with van der Waals surface area (Å²) in [5, 5.41) is 4.91. The minimum atomic E-state index is 0.0387. The summed E-state index contributed by atoms with van der Waals surface area (Å²) in [4.78, 5) is 14.7. The van der Waals surface area contributed by atoms with Gasteiger partial charge in [-0.3, -0.25) is 9.48 Å². The van der Waals surface area contributed by atoms with Crippen LogP contribution in [0.3, 0.4) is 0 Å². The quantitative estimate of drug-likeness (QED) is 0.870. The highest BCUT2D eigenvalue weighted by molar-refractivity contribution is 6.31. The van der Waals surface area contributed by atoms with Gasteiger partial charge >= 0.3 is 0 Å². The van der Waals surface area contributed by atoms with E-state index in [9.17, 15) is 4.79 Å². The number of carbonyl (C=O) groups excluding carboxylic acids is 1. The Morgan fingerprint density at radius 1 is 1.38 bits per heavy atom. The Morgan fingerprint density at radius 3 is 2.95 bits per heavy atom. The molecule has 2 aromatic rings. The molecule has 0 N–H and O–H groups in total. The van der Waals surface area contributed by atoms with E-state index in [0.29, 0.717) is 12.2 Å². The number of aromatic nitrogens is 2. The molecule has 0 unspecified atom stereocenters. The average Bonchev–Trinajstić information content (AvgIpc) is 3.16. The molecule has 110 valence electrons. The van der Waals surface area contributed by atoms with Crippen LogP contribution in [-0.4, -0.2) is 27.1 Å². The summed E-state index contributed by atoms with van der Waals surface area (Å²) in [5.74, 6) is 0.0387. The lowest BCUT2D eigenvalue weighted by Crippen LogP contribution is -2.32. The molecule has 1 aromatic carbocycles. The highest BCUT2D eigenvalue weighted by Gasteiger charge is 2.32. The number of hydrogen-bond acceptors (Lipinski definition) is 2. The minimum absolute atomic E-state index is 0.0387. The maximum absolute atomic E-state index is 12.8. The minimum Gasteiger partial charge on any atom is -0.330 e. The molecule has 2 heterocycles. The number of nitrogens with zero attached hydrogens (tertiary/aromatic N) is 3. The number of likely N-dealkylation sites (tertiary alicyclic amines) is 1. The fourth-order valence-electron chi connectivity index (χ4n) is 2.99. The molecule has 0 bridgehead atoms. The van der Waals surface area contributed by atoms with E-state index in [-0.39, 0.29) is 11.9 Å². The van der Waals surface area contributed by atoms with E-state index in [1.807, 2.05) is 36.1 Å². The van der Waals surface area contributed by atoms with Crippen LogP contribution >= 0.6 is 11.6 Å². The van der Waals surface area contributed by atoms with E-state index in [1.54, 1.807) is 16.9 Å². The average molecular weight is 304 g/mol. The normalized spacial score (nSPS) is 18.2. The lowest BCUT2D eigenvalue weighted by molar-refractivity contribution is 0.0723. The van der Waals surface area contributed by atoms with E-state index in [2.05, 4.69) is 5.10 Å². The summed E-state index contributed by atoms with van der Waals surface area (Å²) in [6.45, 7) is 3.45. The van der Waals surface area contributed by atoms with Gasteiger partial charge in [0.25, 0.3) is 5.91 Å². The van der Waals surface area contributed by atoms with E-state index in [1.165, 1.54) is 0 Å². The predicted molar refractivity (Wildman–Crippen MR) is 82.4 cm³/mol. The third-order valence-electron chi connectivity index (χ3n) is 4.01. The Kier molecular flexibility index (Phi) is 3.97. The second-order valence-electron chi connectivity index (χ2n) is 5.21. The van der Waals surface area contributed by atoms with Gasteiger partial charge in [0.05, 0.1) is 6.04 Å². The van der Waals surface area contributed by atoms with Crippen molar-refractivity contribution in [2.75, 3.05) is 6.54 Å². The summed E-state index contributed by atoms with van der Waals surface area (Å²) < 4.78 is 1.74. The smallest absolute Gasteiger partial charge is 0.272 e. The van der Waals surface area contributed by atoms with Crippen LogP contribution in [0, 0.1) is 0 Å². The molecular formula is C16H18ClN3O. The number of hydrogen-bond donors (Lipinski definition) is 0. The molecule has 4 nitrogen and oxygen atoms in total. The van der Waals surface area contributed by atoms with E-state index in [4.69, 9.17) is 11.6 Å². The maximum atomic E-state index is 12.8. The van der Waals surface area contributed by atoms with Crippen molar-refractivity contribution in [3.05, 3.63) is 52.8 Å². The van der Waals surface area contributed by atoms with Gasteiger partial charge < -0.3 is 4.90 Å². The van der Waals surface area contributed by atoms with Crippen molar-refractivity contribution >= 4 is 17.5 Å². The molecule has 0 aliphatic carbocycles. The fraction of sp³-hybridized carbons (Fsp3) is 0.375. The van der Waals surface area contributed by atoms with Gasteiger partial charge in [0.15, 0.2) is 0 Å². The molecular weight excluding hydrogens is 286 g/mol. The number of carbonyl (C=O) groups is 1. The first-order chi connectivity index (χ1) is 10.2. The molecule has 1 atom stereocenters. The zero-order valence-electron chi connectivity index (χ0n) is 12.0. The Balaban J connectivity index is 1.91. The summed E-state index contributed by atoms with van der Waals surface area (Å²) in [6.07, 6.45) is 3.63. The maximum Gasteiger partial charge on any atom is 0.272 e. The summed E-state index contributed by atoms with van der Waals surface area (Å²) >= 11 is 6.30. The van der Waals surface area contributed by atoms with Crippen LogP contribution in [0.4, 0.5) is 0 Å². The number of benzene rings is 1. The zero-order valence-corrected chi connectivity index (χ0v) is 12.8. The lowest BCUT2D eigenvalue weighted by atomic mass is 10.0. The SMILES string of the molecule is CCn1nccc1C(=O)N1CCC[C@@H]1c1ccccc1Cl. The van der Waals surface area contributed by atoms with Crippen molar-refractivity contribution in [2.45, 2.75) is 32.4 Å². The molecule has 21 heavy (non-hydrogen) atoms. The first-order valence-electron chi connectivity index (χ1n) is 7.29. The van der Waals surface area contributed by atoms with Gasteiger partial charge in [-0.2, -0.15) is 5.10 Å². The molecule has 0 saturated carbocycles. The molecule has 1 amide bonds. The zero-order chi connectivity index (χ0) is 14.8. The topological polar surface area (TPSA) is 38.1 Å². The van der Waals surface area contributed by atoms with E-state index >= 15 is 0 Å². The molecule has 1 aromatic heterocycles. The molecule has 1 saturated heterocycles. The molecule has 0 spiro atoms. The summed E-state index contributed by atoms with van der Waals surface area (Å²) in [6, 6.07) is 9.63. The first kappa shape index (κ1) is 14.1. The van der Waals surface area contributed by atoms with Crippen molar-refractivity contribution in [1.29, 1.82) is 0 Å². The second kappa shape index (κ2) is 5.90. The van der Waals surface area contributed by atoms with Gasteiger partial charge in [0, 0.05) is 24.3 Å². The number of amides is 1. The third-order valence-corrected chi connectivity index (χ3v) is 4.36. The van der Waals surface area contributed by atoms with Crippen LogP contribution < -0.4 is 0 Å². The summed E-state index contributed by atoms with van der Waals surface area (Å²) in [5.41, 5.74) is 1.68. The van der Waals surface area contributed by atoms with Crippen LogP contribution in [0.1, 0.15) is 41.9 Å². The number of aryl methyl sites for hydroxylation is 1. The number of rotatable bonds is 3. The molecule has 0 radical (unpaired) electrons. The van der Waals surface area contributed by atoms with Crippen LogP contribution in [0.25, 0.3) is 0 Å². The van der Waals surface area contributed by atoms with Crippen molar-refractivity contribution in [3.63, 3.8) is 0 Å². The van der Waals surface area contributed by atoms with Crippen molar-refractivity contribution in [3.8, 4) is 0 Å². The molecule has 1 aliphatic rings. The highest BCUT2D eigenvalue weighted by atomic mass is 35.5. The monoisotopic (exact) mass is 303 g/mol. The Hall–Kier alpha value is -1.81. The van der Waals surface area contributed by atoms with Gasteiger partial charge in [-0.05, 0) is 37.5 Å². The Bertz CT molecular complexity index is 652. The third kappa shape index (κ3) is 2.56.